The minimum absolute atomic E-state index is 0.328. The highest BCUT2D eigenvalue weighted by molar-refractivity contribution is 6.59. The van der Waals surface area contributed by atoms with Crippen LogP contribution in [0.5, 0.6) is 0 Å². The van der Waals surface area contributed by atoms with Gasteiger partial charge in [0.15, 0.2) is 0 Å². The molecule has 1 amide bonds. The van der Waals surface area contributed by atoms with Gasteiger partial charge in [0.2, 0.25) is 5.91 Å². The molecule has 0 aliphatic rings. The minimum atomic E-state index is -0.328. The summed E-state index contributed by atoms with van der Waals surface area (Å²) in [5.74, 6) is -0.328. The predicted molar refractivity (Wildman–Crippen MR) is 55.4 cm³/mol. The van der Waals surface area contributed by atoms with Crippen LogP contribution in [0.1, 0.15) is 38.5 Å². The van der Waals surface area contributed by atoms with Crippen LogP contribution >= 0.6 is 0 Å². The van der Waals surface area contributed by atoms with Gasteiger partial charge in [0, 0.05) is 6.42 Å². The third-order valence-electron chi connectivity index (χ3n) is 1.99. The Morgan fingerprint density at radius 3 is 2.29 bits per heavy atom. The lowest BCUT2D eigenvalue weighted by molar-refractivity contribution is -0.129. The number of nitrogens with one attached hydrogen (secondary N) is 1. The van der Waals surface area contributed by atoms with Crippen molar-refractivity contribution < 1.29 is 15.2 Å². The fraction of sp³-hybridized carbons (Fsp3) is 0.750. The fourth-order valence-electron chi connectivity index (χ4n) is 1.13. The van der Waals surface area contributed by atoms with Crippen molar-refractivity contribution in [3.63, 3.8) is 0 Å². The van der Waals surface area contributed by atoms with Crippen LogP contribution in [0.3, 0.4) is 0 Å². The standard InChI is InChI=1S/C8H15N2O3.Al.2H/c11-8(10-13)6-4-2-1-3-5-7-9-12;;;/h12-13H,1-6H2,(H,10,11);;;. The maximum absolute atomic E-state index is 10.6. The van der Waals surface area contributed by atoms with E-state index in [1.54, 1.807) is 5.48 Å². The van der Waals surface area contributed by atoms with E-state index < -0.39 is 0 Å². The average Bonchev–Trinajstić information content (AvgIpc) is 2.22. The molecule has 0 aromatic carbocycles. The highest BCUT2D eigenvalue weighted by Crippen LogP contribution is 2.05. The van der Waals surface area contributed by atoms with E-state index in [1.807, 2.05) is 0 Å². The second-order valence-electron chi connectivity index (χ2n) is 3.28. The van der Waals surface area contributed by atoms with Crippen LogP contribution in [0, 0.1) is 0 Å². The van der Waals surface area contributed by atoms with Crippen molar-refractivity contribution in [3.8, 4) is 0 Å². The quantitative estimate of drug-likeness (QED) is 0.142. The lowest BCUT2D eigenvalue weighted by atomic mass is 10.1. The molecule has 6 heteroatoms. The molecule has 0 rings (SSSR count). The molecule has 0 bridgehead atoms. The molecule has 0 aromatic rings. The van der Waals surface area contributed by atoms with Gasteiger partial charge in [-0.3, -0.25) is 10.0 Å². The van der Waals surface area contributed by atoms with Crippen molar-refractivity contribution in [3.05, 3.63) is 0 Å². The van der Waals surface area contributed by atoms with Crippen molar-refractivity contribution in [1.82, 2.24) is 5.48 Å². The molecule has 3 N–H and O–H groups in total. The van der Waals surface area contributed by atoms with E-state index in [2.05, 4.69) is 5.16 Å². The Kier molecular flexibility index (Phi) is 8.64. The zero-order valence-corrected chi connectivity index (χ0v) is 10.5. The smallest absolute Gasteiger partial charge is 0.288 e. The van der Waals surface area contributed by atoms with Crippen LogP contribution in [0.4, 0.5) is 0 Å². The zero-order valence-electron chi connectivity index (χ0n) is 8.49. The molecule has 0 aliphatic carbocycles. The van der Waals surface area contributed by atoms with E-state index in [1.165, 1.54) is 0 Å². The topological polar surface area (TPSA) is 81.9 Å². The third-order valence-corrected chi connectivity index (χ3v) is 2.69. The van der Waals surface area contributed by atoms with Gasteiger partial charge in [-0.2, -0.15) is 0 Å². The van der Waals surface area contributed by atoms with Gasteiger partial charge in [0.05, 0.1) is 0 Å². The van der Waals surface area contributed by atoms with E-state index in [-0.39, 0.29) is 5.91 Å². The number of nitrogens with zero attached hydrogens (tertiary/aromatic N) is 1. The summed E-state index contributed by atoms with van der Waals surface area (Å²) in [7, 11) is 0. The van der Waals surface area contributed by atoms with Crippen LogP contribution in [-0.2, 0) is 4.79 Å². The van der Waals surface area contributed by atoms with Gasteiger partial charge in [0.25, 0.3) is 16.3 Å². The Morgan fingerprint density at radius 2 is 1.79 bits per heavy atom. The average molecular weight is 216 g/mol. The molecule has 0 aliphatic heterocycles. The SMILES string of the molecule is O=C(CCCCCC/[C]([AlH2])=N/O)NO. The molecule has 0 fully saturated rings. The van der Waals surface area contributed by atoms with Gasteiger partial charge in [0.1, 0.15) is 0 Å². The van der Waals surface area contributed by atoms with Crippen LogP contribution in [0.2, 0.25) is 0 Å². The van der Waals surface area contributed by atoms with Gasteiger partial charge in [-0.1, -0.05) is 12.8 Å². The summed E-state index contributed by atoms with van der Waals surface area (Å²) < 4.78 is 0.873. The number of amides is 1. The van der Waals surface area contributed by atoms with Gasteiger partial charge < -0.3 is 5.21 Å². The number of oxime groups is 1. The Labute approximate surface area is 91.6 Å². The summed E-state index contributed by atoms with van der Waals surface area (Å²) in [6.07, 6.45) is 5.02. The summed E-state index contributed by atoms with van der Waals surface area (Å²) in [5.41, 5.74) is 1.60. The number of rotatable bonds is 7. The molecule has 0 saturated heterocycles. The molecule has 0 atom stereocenters. The number of carbonyl (C=O) groups is 1. The first-order chi connectivity index (χ1) is 6.70. The summed E-state index contributed by atoms with van der Waals surface area (Å²) in [5, 5.41) is 19.7. The lowest BCUT2D eigenvalue weighted by Gasteiger charge is -2.00. The van der Waals surface area contributed by atoms with Crippen molar-refractivity contribution in [2.75, 3.05) is 0 Å². The number of hydrogen-bond acceptors (Lipinski definition) is 4. The first-order valence-corrected chi connectivity index (χ1v) is 5.81. The van der Waals surface area contributed by atoms with E-state index in [0.717, 1.165) is 53.0 Å². The molecule has 0 spiro atoms. The Morgan fingerprint density at radius 1 is 1.21 bits per heavy atom. The number of carbonyl (C=O) groups excluding carboxylic acids is 1. The summed E-state index contributed by atoms with van der Waals surface area (Å²) in [4.78, 5) is 10.6. The molecule has 0 unspecified atom stereocenters. The number of hydroxylamine groups is 1. The van der Waals surface area contributed by atoms with Crippen molar-refractivity contribution >= 4 is 26.8 Å². The van der Waals surface area contributed by atoms with Crippen LogP contribution < -0.4 is 5.48 Å². The molecule has 14 heavy (non-hydrogen) atoms. The van der Waals surface area contributed by atoms with Crippen molar-refractivity contribution in [2.45, 2.75) is 38.5 Å². The maximum Gasteiger partial charge on any atom is 0.288 e. The molecular formula is C8H17AlN2O3. The lowest BCUT2D eigenvalue weighted by Crippen LogP contribution is -2.17. The predicted octanol–water partition coefficient (Wildman–Crippen LogP) is 0.253. The first-order valence-electron chi connectivity index (χ1n) is 4.81. The van der Waals surface area contributed by atoms with E-state index in [4.69, 9.17) is 10.4 Å². The normalized spacial score (nSPS) is 11.4. The largest absolute Gasteiger partial charge is 0.412 e. The van der Waals surface area contributed by atoms with Crippen LogP contribution in [-0.4, -0.2) is 37.2 Å². The second kappa shape index (κ2) is 9.01. The van der Waals surface area contributed by atoms with Gasteiger partial charge in [-0.25, -0.2) is 5.48 Å². The van der Waals surface area contributed by atoms with Crippen molar-refractivity contribution in [1.29, 1.82) is 0 Å². The van der Waals surface area contributed by atoms with Crippen molar-refractivity contribution in [2.24, 2.45) is 5.16 Å². The highest BCUT2D eigenvalue weighted by Gasteiger charge is 1.98. The molecule has 5 nitrogen and oxygen atoms in total. The van der Waals surface area contributed by atoms with Crippen LogP contribution in [0.25, 0.3) is 0 Å². The Bertz CT molecular complexity index is 197. The summed E-state index contributed by atoms with van der Waals surface area (Å²) in [6, 6.07) is 0. The second-order valence-corrected chi connectivity index (χ2v) is 4.44. The van der Waals surface area contributed by atoms with E-state index in [9.17, 15) is 4.79 Å². The van der Waals surface area contributed by atoms with E-state index >= 15 is 0 Å². The van der Waals surface area contributed by atoms with Gasteiger partial charge >= 0.3 is 0 Å². The summed E-state index contributed by atoms with van der Waals surface area (Å²) in [6.45, 7) is 0. The maximum atomic E-state index is 10.6. The third kappa shape index (κ3) is 8.05. The highest BCUT2D eigenvalue weighted by atomic mass is 27.0. The van der Waals surface area contributed by atoms with Gasteiger partial charge in [-0.15, -0.1) is 5.16 Å². The fourth-order valence-corrected chi connectivity index (χ4v) is 1.48. The first kappa shape index (κ1) is 13.4. The minimum Gasteiger partial charge on any atom is -0.412 e. The van der Waals surface area contributed by atoms with Gasteiger partial charge in [-0.05, 0) is 23.8 Å². The molecular weight excluding hydrogens is 199 g/mol. The molecule has 0 aromatic heterocycles. The Hall–Kier alpha value is -0.568. The Balaban J connectivity index is 3.18. The summed E-state index contributed by atoms with van der Waals surface area (Å²) >= 11 is 0.809. The molecule has 80 valence electrons. The molecule has 0 heterocycles. The monoisotopic (exact) mass is 216 g/mol. The number of hydrogen-bond donors (Lipinski definition) is 3. The molecule has 0 radical (unpaired) electrons. The van der Waals surface area contributed by atoms with E-state index in [0.29, 0.717) is 6.42 Å². The molecule has 0 saturated carbocycles. The number of unbranched alkanes of at least 4 members (excludes halogenated alkanes) is 3. The van der Waals surface area contributed by atoms with Crippen LogP contribution in [0.15, 0.2) is 5.16 Å². The zero-order chi connectivity index (χ0) is 10.8.